The minimum absolute atomic E-state index is 0.149. The van der Waals surface area contributed by atoms with E-state index in [2.05, 4.69) is 0 Å². The largest absolute Gasteiger partial charge is 0.466 e. The van der Waals surface area contributed by atoms with Crippen molar-refractivity contribution in [1.29, 1.82) is 0 Å². The second-order valence-electron chi connectivity index (χ2n) is 3.87. The molecule has 1 aromatic rings. The van der Waals surface area contributed by atoms with Gasteiger partial charge in [0.1, 0.15) is 0 Å². The van der Waals surface area contributed by atoms with Crippen molar-refractivity contribution >= 4 is 37.3 Å². The lowest BCUT2D eigenvalue weighted by Gasteiger charge is -2.18. The molecule has 0 fully saturated rings. The van der Waals surface area contributed by atoms with Gasteiger partial charge < -0.3 is 4.74 Å². The predicted molar refractivity (Wildman–Crippen MR) is 74.7 cm³/mol. The van der Waals surface area contributed by atoms with Gasteiger partial charge in [-0.2, -0.15) is 0 Å². The third-order valence-corrected chi connectivity index (χ3v) is 5.20. The first kappa shape index (κ1) is 16.3. The second kappa shape index (κ2) is 7.12. The maximum absolute atomic E-state index is 11.8. The van der Waals surface area contributed by atoms with Gasteiger partial charge in [0.25, 0.3) is 0 Å². The number of esters is 1. The zero-order chi connectivity index (χ0) is 14.5. The van der Waals surface area contributed by atoms with E-state index in [-0.39, 0.29) is 13.0 Å². The van der Waals surface area contributed by atoms with Crippen molar-refractivity contribution in [2.24, 2.45) is 5.92 Å². The summed E-state index contributed by atoms with van der Waals surface area (Å²) < 4.78 is 25.9. The first-order chi connectivity index (χ1) is 8.86. The zero-order valence-corrected chi connectivity index (χ0v) is 12.6. The van der Waals surface area contributed by atoms with Crippen molar-refractivity contribution in [3.8, 4) is 0 Å². The Bertz CT molecular complexity index is 516. The van der Waals surface area contributed by atoms with Crippen LogP contribution in [0.15, 0.2) is 30.3 Å². The first-order valence-electron chi connectivity index (χ1n) is 5.64. The Balaban J connectivity index is 2.96. The minimum atomic E-state index is -4.05. The monoisotopic (exact) mass is 324 g/mol. The van der Waals surface area contributed by atoms with Crippen LogP contribution >= 0.6 is 22.3 Å². The van der Waals surface area contributed by atoms with Crippen molar-refractivity contribution in [2.45, 2.75) is 18.1 Å². The number of carbonyl (C=O) groups excluding carboxylic acids is 1. The molecule has 19 heavy (non-hydrogen) atoms. The van der Waals surface area contributed by atoms with E-state index in [1.54, 1.807) is 31.2 Å². The Morgan fingerprint density at radius 1 is 1.32 bits per heavy atom. The van der Waals surface area contributed by atoms with Crippen LogP contribution in [0.2, 0.25) is 0 Å². The topological polar surface area (TPSA) is 60.4 Å². The number of ether oxygens (including phenoxy) is 1. The molecule has 7 heteroatoms. The van der Waals surface area contributed by atoms with E-state index >= 15 is 0 Å². The number of halogens is 2. The summed E-state index contributed by atoms with van der Waals surface area (Å²) in [5.41, 5.74) is 0.784. The maximum Gasteiger partial charge on any atom is 0.311 e. The molecule has 1 aromatic carbocycles. The van der Waals surface area contributed by atoms with E-state index in [1.807, 2.05) is 6.07 Å². The quantitative estimate of drug-likeness (QED) is 0.458. The van der Waals surface area contributed by atoms with Crippen LogP contribution in [0.5, 0.6) is 0 Å². The Kier molecular flexibility index (Phi) is 6.10. The number of hydrogen-bond donors (Lipinski definition) is 0. The van der Waals surface area contributed by atoms with Gasteiger partial charge in [0.2, 0.25) is 9.05 Å². The van der Waals surface area contributed by atoms with Gasteiger partial charge in [-0.3, -0.25) is 4.79 Å². The predicted octanol–water partition coefficient (Wildman–Crippen LogP) is 2.54. The number of carbonyl (C=O) groups is 1. The Morgan fingerprint density at radius 2 is 1.89 bits per heavy atom. The molecule has 2 unspecified atom stereocenters. The summed E-state index contributed by atoms with van der Waals surface area (Å²) in [6.07, 6.45) is 0.153. The summed E-state index contributed by atoms with van der Waals surface area (Å²) in [5.74, 6) is -1.71. The summed E-state index contributed by atoms with van der Waals surface area (Å²) in [6, 6.07) is 8.94. The highest BCUT2D eigenvalue weighted by atomic mass is 35.7. The van der Waals surface area contributed by atoms with E-state index in [1.165, 1.54) is 0 Å². The van der Waals surface area contributed by atoms with Crippen LogP contribution in [0, 0.1) is 5.92 Å². The number of benzene rings is 1. The Labute approximate surface area is 122 Å². The molecule has 0 heterocycles. The molecule has 0 bridgehead atoms. The number of rotatable bonds is 6. The summed E-state index contributed by atoms with van der Waals surface area (Å²) in [4.78, 5) is 11.8. The van der Waals surface area contributed by atoms with Gasteiger partial charge >= 0.3 is 5.97 Å². The van der Waals surface area contributed by atoms with E-state index in [9.17, 15) is 13.2 Å². The molecule has 0 N–H and O–H groups in total. The lowest BCUT2D eigenvalue weighted by molar-refractivity contribution is -0.147. The molecule has 0 saturated heterocycles. The van der Waals surface area contributed by atoms with Crippen molar-refractivity contribution in [3.63, 3.8) is 0 Å². The molecule has 0 aromatic heterocycles. The summed E-state index contributed by atoms with van der Waals surface area (Å²) in [7, 11) is 1.17. The lowest BCUT2D eigenvalue weighted by atomic mass is 10.0. The SMILES string of the molecule is CCOC(=O)C(Cc1ccccc1)C(Cl)S(=O)(=O)Cl. The molecular weight excluding hydrogens is 311 g/mol. The highest BCUT2D eigenvalue weighted by Gasteiger charge is 2.36. The highest BCUT2D eigenvalue weighted by molar-refractivity contribution is 8.15. The van der Waals surface area contributed by atoms with Gasteiger partial charge in [-0.25, -0.2) is 8.42 Å². The van der Waals surface area contributed by atoms with Crippen LogP contribution in [0.1, 0.15) is 12.5 Å². The smallest absolute Gasteiger partial charge is 0.311 e. The van der Waals surface area contributed by atoms with Gasteiger partial charge in [-0.1, -0.05) is 30.3 Å². The average Bonchev–Trinajstić information content (AvgIpc) is 2.35. The van der Waals surface area contributed by atoms with Crippen LogP contribution in [-0.4, -0.2) is 25.7 Å². The standard InChI is InChI=1S/C12H14Cl2O4S/c1-2-18-12(15)10(11(13)19(14,16)17)8-9-6-4-3-5-7-9/h3-7,10-11H,2,8H2,1H3. The van der Waals surface area contributed by atoms with Gasteiger partial charge in [0.15, 0.2) is 4.71 Å². The van der Waals surface area contributed by atoms with Crippen molar-refractivity contribution in [3.05, 3.63) is 35.9 Å². The van der Waals surface area contributed by atoms with Crippen LogP contribution in [0.25, 0.3) is 0 Å². The van der Waals surface area contributed by atoms with Crippen LogP contribution < -0.4 is 0 Å². The van der Waals surface area contributed by atoms with Crippen LogP contribution in [0.3, 0.4) is 0 Å². The Morgan fingerprint density at radius 3 is 2.37 bits per heavy atom. The molecule has 106 valence electrons. The summed E-state index contributed by atoms with van der Waals surface area (Å²) in [6.45, 7) is 1.78. The molecule has 0 aliphatic rings. The third kappa shape index (κ3) is 5.01. The van der Waals surface area contributed by atoms with E-state index in [0.717, 1.165) is 5.56 Å². The van der Waals surface area contributed by atoms with E-state index < -0.39 is 25.6 Å². The third-order valence-electron chi connectivity index (χ3n) is 2.47. The molecule has 1 rings (SSSR count). The molecule has 2 atom stereocenters. The van der Waals surface area contributed by atoms with Gasteiger partial charge in [-0.05, 0) is 18.9 Å². The summed E-state index contributed by atoms with van der Waals surface area (Å²) in [5, 5.41) is 0. The summed E-state index contributed by atoms with van der Waals surface area (Å²) >= 11 is 5.78. The maximum atomic E-state index is 11.8. The lowest BCUT2D eigenvalue weighted by Crippen LogP contribution is -2.32. The van der Waals surface area contributed by atoms with Crippen LogP contribution in [0.4, 0.5) is 0 Å². The molecule has 0 aliphatic heterocycles. The van der Waals surface area contributed by atoms with E-state index in [0.29, 0.717) is 0 Å². The molecular formula is C12H14Cl2O4S. The van der Waals surface area contributed by atoms with Crippen LogP contribution in [-0.2, 0) is 25.0 Å². The van der Waals surface area contributed by atoms with E-state index in [4.69, 9.17) is 27.0 Å². The molecule has 0 amide bonds. The second-order valence-corrected chi connectivity index (χ2v) is 7.35. The number of alkyl halides is 1. The van der Waals surface area contributed by atoms with Crippen molar-refractivity contribution in [1.82, 2.24) is 0 Å². The first-order valence-corrected chi connectivity index (χ1v) is 8.45. The Hall–Kier alpha value is -0.780. The van der Waals surface area contributed by atoms with Crippen molar-refractivity contribution < 1.29 is 17.9 Å². The molecule has 4 nitrogen and oxygen atoms in total. The fraction of sp³-hybridized carbons (Fsp3) is 0.417. The average molecular weight is 325 g/mol. The minimum Gasteiger partial charge on any atom is -0.466 e. The normalized spacial score (nSPS) is 14.7. The van der Waals surface area contributed by atoms with Crippen molar-refractivity contribution in [2.75, 3.05) is 6.61 Å². The molecule has 0 radical (unpaired) electrons. The number of hydrogen-bond acceptors (Lipinski definition) is 4. The highest BCUT2D eigenvalue weighted by Crippen LogP contribution is 2.25. The fourth-order valence-electron chi connectivity index (χ4n) is 1.60. The fourth-order valence-corrected chi connectivity index (χ4v) is 2.76. The molecule has 0 spiro atoms. The van der Waals surface area contributed by atoms with Gasteiger partial charge in [0, 0.05) is 10.7 Å². The van der Waals surface area contributed by atoms with Gasteiger partial charge in [-0.15, -0.1) is 11.6 Å². The molecule has 0 aliphatic carbocycles. The molecule has 0 saturated carbocycles. The zero-order valence-electron chi connectivity index (χ0n) is 10.3. The van der Waals surface area contributed by atoms with Gasteiger partial charge in [0.05, 0.1) is 12.5 Å².